The van der Waals surface area contributed by atoms with E-state index in [1.165, 1.54) is 17.7 Å². The molecule has 2 nitrogen and oxygen atoms in total. The van der Waals surface area contributed by atoms with Crippen molar-refractivity contribution in [2.75, 3.05) is 18.5 Å². The second-order valence-electron chi connectivity index (χ2n) is 5.70. The third-order valence-corrected chi connectivity index (χ3v) is 3.67. The molecule has 0 saturated carbocycles. The van der Waals surface area contributed by atoms with Gasteiger partial charge in [0.05, 0.1) is 0 Å². The van der Waals surface area contributed by atoms with Crippen LogP contribution in [0, 0.1) is 5.92 Å². The molecule has 0 aliphatic heterocycles. The van der Waals surface area contributed by atoms with Gasteiger partial charge in [-0.15, -0.1) is 0 Å². The molecular weight excluding hydrogens is 256 g/mol. The van der Waals surface area contributed by atoms with Crippen LogP contribution in [-0.4, -0.2) is 19.6 Å². The summed E-state index contributed by atoms with van der Waals surface area (Å²) in [5, 5.41) is 4.27. The van der Waals surface area contributed by atoms with E-state index in [4.69, 9.17) is 11.6 Å². The van der Waals surface area contributed by atoms with E-state index in [2.05, 4.69) is 57.1 Å². The van der Waals surface area contributed by atoms with Crippen molar-refractivity contribution in [2.24, 2.45) is 5.92 Å². The van der Waals surface area contributed by atoms with E-state index in [1.54, 1.807) is 0 Å². The van der Waals surface area contributed by atoms with Gasteiger partial charge in [0.1, 0.15) is 0 Å². The van der Waals surface area contributed by atoms with Crippen LogP contribution >= 0.6 is 11.6 Å². The van der Waals surface area contributed by atoms with E-state index in [0.717, 1.165) is 18.1 Å². The molecule has 3 heteroatoms. The van der Waals surface area contributed by atoms with Crippen LogP contribution < -0.4 is 10.2 Å². The van der Waals surface area contributed by atoms with Crippen LogP contribution in [0.4, 0.5) is 5.69 Å². The first kappa shape index (κ1) is 16.3. The predicted molar refractivity (Wildman–Crippen MR) is 86.2 cm³/mol. The lowest BCUT2D eigenvalue weighted by molar-refractivity contribution is 0.555. The van der Waals surface area contributed by atoms with Crippen molar-refractivity contribution < 1.29 is 0 Å². The molecule has 1 aromatic carbocycles. The van der Waals surface area contributed by atoms with Gasteiger partial charge in [0.2, 0.25) is 0 Å². The van der Waals surface area contributed by atoms with Crippen molar-refractivity contribution in [1.29, 1.82) is 0 Å². The minimum absolute atomic E-state index is 0.478. The normalized spacial score (nSPS) is 12.8. The van der Waals surface area contributed by atoms with Crippen LogP contribution in [0.2, 0.25) is 5.02 Å². The van der Waals surface area contributed by atoms with Gasteiger partial charge >= 0.3 is 0 Å². The number of hydrogen-bond acceptors (Lipinski definition) is 2. The van der Waals surface area contributed by atoms with Gasteiger partial charge < -0.3 is 10.2 Å². The lowest BCUT2D eigenvalue weighted by atomic mass is 10.1. The van der Waals surface area contributed by atoms with E-state index in [0.29, 0.717) is 12.0 Å². The van der Waals surface area contributed by atoms with Crippen LogP contribution in [-0.2, 0) is 6.54 Å². The zero-order valence-electron chi connectivity index (χ0n) is 12.8. The molecule has 0 heterocycles. The average molecular weight is 283 g/mol. The van der Waals surface area contributed by atoms with Crippen molar-refractivity contribution in [2.45, 2.75) is 46.7 Å². The molecule has 0 saturated heterocycles. The molecule has 0 aliphatic rings. The van der Waals surface area contributed by atoms with Crippen molar-refractivity contribution in [3.8, 4) is 0 Å². The Hall–Kier alpha value is -0.730. The maximum atomic E-state index is 6.12. The summed E-state index contributed by atoms with van der Waals surface area (Å²) in [6.45, 7) is 10.8. The van der Waals surface area contributed by atoms with Crippen LogP contribution in [0.25, 0.3) is 0 Å². The van der Waals surface area contributed by atoms with Gasteiger partial charge in [-0.25, -0.2) is 0 Å². The second kappa shape index (κ2) is 7.76. The summed E-state index contributed by atoms with van der Waals surface area (Å²) >= 11 is 6.12. The highest BCUT2D eigenvalue weighted by Crippen LogP contribution is 2.24. The third kappa shape index (κ3) is 5.42. The zero-order chi connectivity index (χ0) is 14.4. The van der Waals surface area contributed by atoms with Crippen LogP contribution in [0.3, 0.4) is 0 Å². The summed E-state index contributed by atoms with van der Waals surface area (Å²) in [5.41, 5.74) is 2.55. The molecule has 1 rings (SSSR count). The summed E-state index contributed by atoms with van der Waals surface area (Å²) in [4.78, 5) is 2.34. The van der Waals surface area contributed by atoms with Crippen LogP contribution in [0.1, 0.15) is 39.7 Å². The number of rotatable bonds is 7. The molecule has 19 heavy (non-hydrogen) atoms. The van der Waals surface area contributed by atoms with Gasteiger partial charge in [0.25, 0.3) is 0 Å². The molecule has 1 atom stereocenters. The Bertz CT molecular complexity index is 390. The molecule has 0 fully saturated rings. The van der Waals surface area contributed by atoms with Crippen LogP contribution in [0.15, 0.2) is 18.2 Å². The number of nitrogens with one attached hydrogen (secondary N) is 1. The van der Waals surface area contributed by atoms with Gasteiger partial charge in [-0.2, -0.15) is 0 Å². The van der Waals surface area contributed by atoms with Crippen molar-refractivity contribution >= 4 is 17.3 Å². The van der Waals surface area contributed by atoms with E-state index in [9.17, 15) is 0 Å². The van der Waals surface area contributed by atoms with E-state index in [1.807, 2.05) is 6.07 Å². The molecular formula is C16H27ClN2. The SMILES string of the molecule is CCC(C)CN(C)c1ccc(Cl)cc1CNC(C)C. The number of halogens is 1. The maximum absolute atomic E-state index is 6.12. The van der Waals surface area contributed by atoms with Gasteiger partial charge in [0.15, 0.2) is 0 Å². The fourth-order valence-corrected chi connectivity index (χ4v) is 2.27. The summed E-state index contributed by atoms with van der Waals surface area (Å²) in [7, 11) is 2.16. The number of nitrogens with zero attached hydrogens (tertiary/aromatic N) is 1. The minimum Gasteiger partial charge on any atom is -0.374 e. The number of hydrogen-bond donors (Lipinski definition) is 1. The van der Waals surface area contributed by atoms with E-state index in [-0.39, 0.29) is 0 Å². The molecule has 0 aliphatic carbocycles. The van der Waals surface area contributed by atoms with Crippen molar-refractivity contribution in [3.05, 3.63) is 28.8 Å². The first-order valence-electron chi connectivity index (χ1n) is 7.17. The highest BCUT2D eigenvalue weighted by molar-refractivity contribution is 6.30. The van der Waals surface area contributed by atoms with E-state index >= 15 is 0 Å². The van der Waals surface area contributed by atoms with Crippen molar-refractivity contribution in [3.63, 3.8) is 0 Å². The highest BCUT2D eigenvalue weighted by atomic mass is 35.5. The smallest absolute Gasteiger partial charge is 0.0410 e. The summed E-state index contributed by atoms with van der Waals surface area (Å²) in [5.74, 6) is 0.701. The highest BCUT2D eigenvalue weighted by Gasteiger charge is 2.11. The molecule has 108 valence electrons. The summed E-state index contributed by atoms with van der Waals surface area (Å²) in [6, 6.07) is 6.65. The molecule has 0 radical (unpaired) electrons. The summed E-state index contributed by atoms with van der Waals surface area (Å²) < 4.78 is 0. The Morgan fingerprint density at radius 3 is 2.53 bits per heavy atom. The van der Waals surface area contributed by atoms with Gasteiger partial charge in [-0.05, 0) is 29.7 Å². The Morgan fingerprint density at radius 1 is 1.26 bits per heavy atom. The first-order valence-corrected chi connectivity index (χ1v) is 7.54. The molecule has 1 unspecified atom stereocenters. The molecule has 0 amide bonds. The lowest BCUT2D eigenvalue weighted by Crippen LogP contribution is -2.27. The number of benzene rings is 1. The Morgan fingerprint density at radius 2 is 1.95 bits per heavy atom. The van der Waals surface area contributed by atoms with Gasteiger partial charge in [-0.3, -0.25) is 0 Å². The van der Waals surface area contributed by atoms with Gasteiger partial charge in [-0.1, -0.05) is 45.7 Å². The predicted octanol–water partition coefficient (Wildman–Crippen LogP) is 4.32. The zero-order valence-corrected chi connectivity index (χ0v) is 13.6. The fourth-order valence-electron chi connectivity index (χ4n) is 2.08. The fraction of sp³-hybridized carbons (Fsp3) is 0.625. The Kier molecular flexibility index (Phi) is 6.67. The van der Waals surface area contributed by atoms with Crippen molar-refractivity contribution in [1.82, 2.24) is 5.32 Å². The minimum atomic E-state index is 0.478. The Balaban J connectivity index is 2.85. The molecule has 0 aromatic heterocycles. The lowest BCUT2D eigenvalue weighted by Gasteiger charge is -2.26. The molecule has 0 bridgehead atoms. The molecule has 1 aromatic rings. The monoisotopic (exact) mass is 282 g/mol. The van der Waals surface area contributed by atoms with Gasteiger partial charge in [0, 0.05) is 36.9 Å². The summed E-state index contributed by atoms with van der Waals surface area (Å²) in [6.07, 6.45) is 1.21. The number of anilines is 1. The van der Waals surface area contributed by atoms with E-state index < -0.39 is 0 Å². The Labute approximate surface area is 123 Å². The topological polar surface area (TPSA) is 15.3 Å². The quantitative estimate of drug-likeness (QED) is 0.801. The standard InChI is InChI=1S/C16H27ClN2/c1-6-13(4)11-19(5)16-8-7-15(17)9-14(16)10-18-12(2)3/h7-9,12-13,18H,6,10-11H2,1-5H3. The second-order valence-corrected chi connectivity index (χ2v) is 6.14. The largest absolute Gasteiger partial charge is 0.374 e. The molecule has 0 spiro atoms. The maximum Gasteiger partial charge on any atom is 0.0410 e. The first-order chi connectivity index (χ1) is 8.93. The third-order valence-electron chi connectivity index (χ3n) is 3.44. The molecule has 1 N–H and O–H groups in total. The average Bonchev–Trinajstić information content (AvgIpc) is 2.36. The van der Waals surface area contributed by atoms with Crippen LogP contribution in [0.5, 0.6) is 0 Å².